The minimum Gasteiger partial charge on any atom is -0.491 e. The fourth-order valence-corrected chi connectivity index (χ4v) is 3.96. The smallest absolute Gasteiger partial charge is 0.213 e. The molecule has 2 N–H and O–H groups in total. The van der Waals surface area contributed by atoms with Crippen molar-refractivity contribution in [1.29, 1.82) is 0 Å². The summed E-state index contributed by atoms with van der Waals surface area (Å²) in [5, 5.41) is 0. The van der Waals surface area contributed by atoms with Crippen molar-refractivity contribution in [2.24, 2.45) is 17.6 Å². The van der Waals surface area contributed by atoms with Gasteiger partial charge in [-0.25, -0.2) is 4.98 Å². The molecule has 1 unspecified atom stereocenters. The Morgan fingerprint density at radius 1 is 1.17 bits per heavy atom. The zero-order valence-electron chi connectivity index (χ0n) is 13.5. The highest BCUT2D eigenvalue weighted by molar-refractivity contribution is 5.80. The molecule has 0 amide bonds. The van der Waals surface area contributed by atoms with Crippen LogP contribution in [0.4, 0.5) is 0 Å². The molecule has 0 spiro atoms. The first-order valence-corrected chi connectivity index (χ1v) is 8.45. The van der Waals surface area contributed by atoms with E-state index in [9.17, 15) is 0 Å². The van der Waals surface area contributed by atoms with Gasteiger partial charge in [-0.3, -0.25) is 4.98 Å². The maximum atomic E-state index is 6.05. The van der Waals surface area contributed by atoms with Crippen LogP contribution in [0, 0.1) is 11.8 Å². The highest BCUT2D eigenvalue weighted by Gasteiger charge is 2.31. The second kappa shape index (κ2) is 5.96. The van der Waals surface area contributed by atoms with Crippen LogP contribution in [0.15, 0.2) is 18.3 Å². The Kier molecular flexibility index (Phi) is 3.81. The number of nitrogens with zero attached hydrogens (tertiary/aromatic N) is 2. The van der Waals surface area contributed by atoms with Crippen molar-refractivity contribution in [1.82, 2.24) is 9.97 Å². The van der Waals surface area contributed by atoms with E-state index >= 15 is 0 Å². The summed E-state index contributed by atoms with van der Waals surface area (Å²) in [5.41, 5.74) is 9.04. The molecule has 1 fully saturated rings. The van der Waals surface area contributed by atoms with Crippen molar-refractivity contribution in [3.63, 3.8) is 0 Å². The quantitative estimate of drug-likeness (QED) is 0.923. The number of methoxy groups -OCH3 is 1. The highest BCUT2D eigenvalue weighted by atomic mass is 16.5. The Hall–Kier alpha value is -1.88. The summed E-state index contributed by atoms with van der Waals surface area (Å²) in [6, 6.07) is 4.20. The minimum absolute atomic E-state index is 0.388. The normalized spacial score (nSPS) is 27.3. The zero-order valence-corrected chi connectivity index (χ0v) is 13.5. The van der Waals surface area contributed by atoms with Crippen LogP contribution in [-0.4, -0.2) is 29.7 Å². The summed E-state index contributed by atoms with van der Waals surface area (Å²) in [7, 11) is 1.64. The van der Waals surface area contributed by atoms with Crippen molar-refractivity contribution in [3.05, 3.63) is 23.9 Å². The molecule has 0 aromatic carbocycles. The molecule has 0 radical (unpaired) electrons. The molecule has 5 nitrogen and oxygen atoms in total. The van der Waals surface area contributed by atoms with Crippen molar-refractivity contribution >= 4 is 11.0 Å². The van der Waals surface area contributed by atoms with Crippen LogP contribution in [0.1, 0.15) is 31.2 Å². The van der Waals surface area contributed by atoms with Crippen LogP contribution in [0.2, 0.25) is 0 Å². The Balaban J connectivity index is 1.65. The Labute approximate surface area is 136 Å². The first kappa shape index (κ1) is 14.7. The molecular formula is C18H23N3O2. The second-order valence-corrected chi connectivity index (χ2v) is 6.77. The fraction of sp³-hybridized carbons (Fsp3) is 0.556. The van der Waals surface area contributed by atoms with Crippen LogP contribution in [0.3, 0.4) is 0 Å². The molecule has 2 aromatic rings. The Morgan fingerprint density at radius 2 is 2.00 bits per heavy atom. The van der Waals surface area contributed by atoms with Crippen LogP contribution in [0.5, 0.6) is 11.6 Å². The molecule has 23 heavy (non-hydrogen) atoms. The average Bonchev–Trinajstić information content (AvgIpc) is 2.61. The molecule has 0 bridgehead atoms. The molecule has 2 aliphatic rings. The van der Waals surface area contributed by atoms with Crippen LogP contribution in [-0.2, 0) is 6.42 Å². The van der Waals surface area contributed by atoms with E-state index < -0.39 is 0 Å². The minimum atomic E-state index is 0.388. The van der Waals surface area contributed by atoms with E-state index in [1.54, 1.807) is 7.11 Å². The molecule has 1 aliphatic heterocycles. The van der Waals surface area contributed by atoms with Gasteiger partial charge in [0, 0.05) is 23.6 Å². The first-order chi connectivity index (χ1) is 11.2. The van der Waals surface area contributed by atoms with Gasteiger partial charge >= 0.3 is 0 Å². The highest BCUT2D eigenvalue weighted by Crippen LogP contribution is 2.38. The molecular weight excluding hydrogens is 290 g/mol. The van der Waals surface area contributed by atoms with Crippen LogP contribution >= 0.6 is 0 Å². The number of hydrogen-bond acceptors (Lipinski definition) is 5. The van der Waals surface area contributed by atoms with E-state index in [1.807, 2.05) is 18.3 Å². The third-order valence-electron chi connectivity index (χ3n) is 5.36. The lowest BCUT2D eigenvalue weighted by Gasteiger charge is -2.35. The largest absolute Gasteiger partial charge is 0.491 e. The number of rotatable bonds is 2. The second-order valence-electron chi connectivity index (χ2n) is 6.77. The van der Waals surface area contributed by atoms with Crippen molar-refractivity contribution in [2.45, 2.75) is 38.1 Å². The molecule has 2 aromatic heterocycles. The monoisotopic (exact) mass is 313 g/mol. The van der Waals surface area contributed by atoms with Crippen molar-refractivity contribution in [2.75, 3.05) is 13.7 Å². The van der Waals surface area contributed by atoms with Gasteiger partial charge in [0.2, 0.25) is 5.88 Å². The molecule has 1 aliphatic carbocycles. The predicted octanol–water partition coefficient (Wildman–Crippen LogP) is 2.71. The van der Waals surface area contributed by atoms with Gasteiger partial charge in [-0.05, 0) is 44.1 Å². The molecule has 0 saturated heterocycles. The van der Waals surface area contributed by atoms with Gasteiger partial charge in [-0.2, -0.15) is 0 Å². The molecule has 122 valence electrons. The summed E-state index contributed by atoms with van der Waals surface area (Å²) >= 11 is 0. The SMILES string of the molecule is COc1ccc2ncc3c(c2n1)CC(C1CCC(N)CC1)CO3. The number of hydrogen-bond donors (Lipinski definition) is 1. The molecule has 1 atom stereocenters. The van der Waals surface area contributed by atoms with Crippen molar-refractivity contribution < 1.29 is 9.47 Å². The lowest BCUT2D eigenvalue weighted by Crippen LogP contribution is -2.34. The van der Waals surface area contributed by atoms with E-state index in [2.05, 4.69) is 9.97 Å². The summed E-state index contributed by atoms with van der Waals surface area (Å²) in [5.74, 6) is 2.76. The van der Waals surface area contributed by atoms with E-state index in [4.69, 9.17) is 15.2 Å². The molecule has 1 saturated carbocycles. The Morgan fingerprint density at radius 3 is 2.78 bits per heavy atom. The Bertz CT molecular complexity index is 705. The van der Waals surface area contributed by atoms with Gasteiger partial charge in [0.05, 0.1) is 30.9 Å². The molecule has 4 rings (SSSR count). The van der Waals surface area contributed by atoms with E-state index in [0.29, 0.717) is 23.8 Å². The van der Waals surface area contributed by atoms with Gasteiger partial charge in [-0.15, -0.1) is 0 Å². The molecule has 5 heteroatoms. The number of pyridine rings is 2. The van der Waals surface area contributed by atoms with Crippen LogP contribution in [0.25, 0.3) is 11.0 Å². The summed E-state index contributed by atoms with van der Waals surface area (Å²) in [4.78, 5) is 9.07. The average molecular weight is 313 g/mol. The van der Waals surface area contributed by atoms with Gasteiger partial charge in [0.25, 0.3) is 0 Å². The first-order valence-electron chi connectivity index (χ1n) is 8.45. The number of fused-ring (bicyclic) bond motifs is 3. The number of nitrogens with two attached hydrogens (primary N) is 1. The van der Waals surface area contributed by atoms with Crippen LogP contribution < -0.4 is 15.2 Å². The maximum Gasteiger partial charge on any atom is 0.213 e. The maximum absolute atomic E-state index is 6.05. The van der Waals surface area contributed by atoms with E-state index in [-0.39, 0.29) is 0 Å². The topological polar surface area (TPSA) is 70.3 Å². The van der Waals surface area contributed by atoms with Gasteiger partial charge < -0.3 is 15.2 Å². The fourth-order valence-electron chi connectivity index (χ4n) is 3.96. The third-order valence-corrected chi connectivity index (χ3v) is 5.36. The molecule has 3 heterocycles. The van der Waals surface area contributed by atoms with Gasteiger partial charge in [0.1, 0.15) is 5.75 Å². The van der Waals surface area contributed by atoms with E-state index in [0.717, 1.165) is 42.7 Å². The van der Waals surface area contributed by atoms with E-state index in [1.165, 1.54) is 18.4 Å². The number of ether oxygens (including phenoxy) is 2. The van der Waals surface area contributed by atoms with Gasteiger partial charge in [0.15, 0.2) is 0 Å². The zero-order chi connectivity index (χ0) is 15.8. The number of aromatic nitrogens is 2. The third kappa shape index (κ3) is 2.74. The predicted molar refractivity (Wildman–Crippen MR) is 88.7 cm³/mol. The summed E-state index contributed by atoms with van der Waals surface area (Å²) in [6.45, 7) is 0.782. The standard InChI is InChI=1S/C18H23N3O2/c1-22-17-7-6-15-18(21-17)14-8-12(10-23-16(14)9-20-15)11-2-4-13(19)5-3-11/h6-7,9,11-13H,2-5,8,10,19H2,1H3. The lowest BCUT2D eigenvalue weighted by molar-refractivity contribution is 0.139. The summed E-state index contributed by atoms with van der Waals surface area (Å²) in [6.07, 6.45) is 7.54. The summed E-state index contributed by atoms with van der Waals surface area (Å²) < 4.78 is 11.3. The van der Waals surface area contributed by atoms with Crippen molar-refractivity contribution in [3.8, 4) is 11.6 Å². The van der Waals surface area contributed by atoms with Gasteiger partial charge in [-0.1, -0.05) is 0 Å². The lowest BCUT2D eigenvalue weighted by atomic mass is 9.75.